The van der Waals surface area contributed by atoms with Crippen LogP contribution in [-0.4, -0.2) is 25.3 Å². The lowest BCUT2D eigenvalue weighted by molar-refractivity contribution is -0.0978. The van der Waals surface area contributed by atoms with E-state index < -0.39 is 0 Å². The summed E-state index contributed by atoms with van der Waals surface area (Å²) in [6.07, 6.45) is 5.81. The molecule has 88 valence electrons. The second-order valence-electron chi connectivity index (χ2n) is 4.54. The lowest BCUT2D eigenvalue weighted by Crippen LogP contribution is -2.56. The van der Waals surface area contributed by atoms with Crippen LogP contribution in [0.2, 0.25) is 0 Å². The highest BCUT2D eigenvalue weighted by molar-refractivity contribution is 5.07. The second kappa shape index (κ2) is 5.66. The van der Waals surface area contributed by atoms with E-state index in [2.05, 4.69) is 25.7 Å². The molecule has 1 aliphatic carbocycles. The largest absolute Gasteiger partial charge is 0.377 e. The molecule has 0 aromatic heterocycles. The molecule has 0 saturated heterocycles. The van der Waals surface area contributed by atoms with Crippen LogP contribution in [0.4, 0.5) is 0 Å². The third-order valence-corrected chi connectivity index (χ3v) is 3.68. The summed E-state index contributed by atoms with van der Waals surface area (Å²) in [5.41, 5.74) is 1.41. The van der Waals surface area contributed by atoms with Gasteiger partial charge in [0.15, 0.2) is 0 Å². The van der Waals surface area contributed by atoms with Gasteiger partial charge in [-0.2, -0.15) is 0 Å². The summed E-state index contributed by atoms with van der Waals surface area (Å²) in [4.78, 5) is 0. The zero-order valence-corrected chi connectivity index (χ0v) is 10.4. The molecule has 1 N–H and O–H groups in total. The van der Waals surface area contributed by atoms with Crippen LogP contribution in [0, 0.1) is 0 Å². The molecule has 1 saturated carbocycles. The molecule has 0 aromatic carbocycles. The number of hydrogen-bond donors (Lipinski definition) is 1. The molecular formula is C13H25NO. The maximum Gasteiger partial charge on any atom is 0.0834 e. The Bertz CT molecular complexity index is 203. The van der Waals surface area contributed by atoms with Crippen molar-refractivity contribution in [3.05, 3.63) is 12.2 Å². The van der Waals surface area contributed by atoms with Gasteiger partial charge in [0.1, 0.15) is 0 Å². The number of methoxy groups -OCH3 is 1. The number of nitrogens with one attached hydrogen (secondary N) is 1. The van der Waals surface area contributed by atoms with Gasteiger partial charge in [-0.15, -0.1) is 0 Å². The van der Waals surface area contributed by atoms with Gasteiger partial charge in [0.2, 0.25) is 0 Å². The molecule has 0 heterocycles. The lowest BCUT2D eigenvalue weighted by atomic mass is 9.72. The highest BCUT2D eigenvalue weighted by Crippen LogP contribution is 2.40. The number of likely N-dealkylation sites (N-methyl/N-ethyl adjacent to an activating group) is 1. The summed E-state index contributed by atoms with van der Waals surface area (Å²) in [6, 6.07) is 0.452. The fourth-order valence-electron chi connectivity index (χ4n) is 2.34. The molecule has 0 spiro atoms. The van der Waals surface area contributed by atoms with Gasteiger partial charge < -0.3 is 10.1 Å². The molecule has 2 heteroatoms. The Labute approximate surface area is 94.1 Å². The van der Waals surface area contributed by atoms with Gasteiger partial charge in [-0.25, -0.2) is 0 Å². The van der Waals surface area contributed by atoms with Crippen LogP contribution in [0.3, 0.4) is 0 Å². The van der Waals surface area contributed by atoms with E-state index in [9.17, 15) is 0 Å². The second-order valence-corrected chi connectivity index (χ2v) is 4.54. The molecule has 15 heavy (non-hydrogen) atoms. The van der Waals surface area contributed by atoms with E-state index in [-0.39, 0.29) is 5.60 Å². The van der Waals surface area contributed by atoms with Crippen LogP contribution in [0.25, 0.3) is 0 Å². The van der Waals surface area contributed by atoms with Crippen LogP contribution in [0.1, 0.15) is 46.0 Å². The molecule has 0 amide bonds. The van der Waals surface area contributed by atoms with E-state index in [0.717, 1.165) is 19.4 Å². The van der Waals surface area contributed by atoms with E-state index >= 15 is 0 Å². The summed E-state index contributed by atoms with van der Waals surface area (Å²) in [7, 11) is 1.85. The molecule has 1 atom stereocenters. The quantitative estimate of drug-likeness (QED) is 0.654. The molecule has 0 aliphatic heterocycles. The molecule has 0 aromatic rings. The third-order valence-electron chi connectivity index (χ3n) is 3.68. The summed E-state index contributed by atoms with van der Waals surface area (Å²) in [5.74, 6) is 0. The Morgan fingerprint density at radius 2 is 2.13 bits per heavy atom. The summed E-state index contributed by atoms with van der Waals surface area (Å²) in [5, 5.41) is 3.56. The minimum absolute atomic E-state index is 0.0914. The Hall–Kier alpha value is -0.340. The number of hydrogen-bond acceptors (Lipinski definition) is 2. The van der Waals surface area contributed by atoms with Crippen LogP contribution < -0.4 is 5.32 Å². The summed E-state index contributed by atoms with van der Waals surface area (Å²) in [6.45, 7) is 9.44. The van der Waals surface area contributed by atoms with Gasteiger partial charge in [-0.1, -0.05) is 26.0 Å². The molecule has 0 radical (unpaired) electrons. The van der Waals surface area contributed by atoms with Crippen molar-refractivity contribution in [3.63, 3.8) is 0 Å². The summed E-state index contributed by atoms with van der Waals surface area (Å²) >= 11 is 0. The monoisotopic (exact) mass is 211 g/mol. The molecule has 1 unspecified atom stereocenters. The van der Waals surface area contributed by atoms with Gasteiger partial charge in [0.05, 0.1) is 5.60 Å². The maximum absolute atomic E-state index is 5.73. The fourth-order valence-corrected chi connectivity index (χ4v) is 2.34. The predicted octanol–water partition coefficient (Wildman–Crippen LogP) is 2.89. The first-order chi connectivity index (χ1) is 7.18. The number of ether oxygens (including phenoxy) is 1. The van der Waals surface area contributed by atoms with Crippen molar-refractivity contribution in [3.8, 4) is 0 Å². The van der Waals surface area contributed by atoms with Crippen molar-refractivity contribution in [1.82, 2.24) is 5.32 Å². The van der Waals surface area contributed by atoms with Gasteiger partial charge >= 0.3 is 0 Å². The standard InChI is InChI=1S/C13H25NO/c1-5-11(3)10-12(14-6-2)13(15-4)8-7-9-13/h12,14H,3,5-10H2,1-2,4H3. The van der Waals surface area contributed by atoms with Crippen LogP contribution in [-0.2, 0) is 4.74 Å². The average molecular weight is 211 g/mol. The van der Waals surface area contributed by atoms with Crippen LogP contribution in [0.15, 0.2) is 12.2 Å². The Morgan fingerprint density at radius 3 is 2.47 bits per heavy atom. The van der Waals surface area contributed by atoms with Crippen LogP contribution in [0.5, 0.6) is 0 Å². The van der Waals surface area contributed by atoms with Crippen molar-refractivity contribution < 1.29 is 4.74 Å². The Kier molecular flexibility index (Phi) is 4.81. The molecule has 1 aliphatic rings. The highest BCUT2D eigenvalue weighted by atomic mass is 16.5. The molecule has 1 rings (SSSR count). The Morgan fingerprint density at radius 1 is 1.47 bits per heavy atom. The zero-order valence-electron chi connectivity index (χ0n) is 10.4. The van der Waals surface area contributed by atoms with Gasteiger partial charge in [0.25, 0.3) is 0 Å². The third kappa shape index (κ3) is 2.82. The van der Waals surface area contributed by atoms with E-state index in [1.807, 2.05) is 7.11 Å². The first-order valence-corrected chi connectivity index (χ1v) is 6.13. The van der Waals surface area contributed by atoms with E-state index in [4.69, 9.17) is 4.74 Å². The maximum atomic E-state index is 5.73. The fraction of sp³-hybridized carbons (Fsp3) is 0.846. The molecule has 1 fully saturated rings. The van der Waals surface area contributed by atoms with E-state index in [1.165, 1.54) is 24.8 Å². The smallest absolute Gasteiger partial charge is 0.0834 e. The van der Waals surface area contributed by atoms with Crippen molar-refractivity contribution >= 4 is 0 Å². The highest BCUT2D eigenvalue weighted by Gasteiger charge is 2.43. The minimum atomic E-state index is 0.0914. The topological polar surface area (TPSA) is 21.3 Å². The average Bonchev–Trinajstić information content (AvgIpc) is 2.17. The normalized spacial score (nSPS) is 20.7. The minimum Gasteiger partial charge on any atom is -0.377 e. The summed E-state index contributed by atoms with van der Waals surface area (Å²) < 4.78 is 5.73. The van der Waals surface area contributed by atoms with E-state index in [0.29, 0.717) is 6.04 Å². The van der Waals surface area contributed by atoms with Crippen molar-refractivity contribution in [2.24, 2.45) is 0 Å². The van der Waals surface area contributed by atoms with Gasteiger partial charge in [-0.05, 0) is 38.6 Å². The van der Waals surface area contributed by atoms with Gasteiger partial charge in [0, 0.05) is 13.2 Å². The zero-order chi connectivity index (χ0) is 11.3. The van der Waals surface area contributed by atoms with Crippen LogP contribution >= 0.6 is 0 Å². The van der Waals surface area contributed by atoms with E-state index in [1.54, 1.807) is 0 Å². The van der Waals surface area contributed by atoms with Crippen molar-refractivity contribution in [1.29, 1.82) is 0 Å². The Balaban J connectivity index is 2.59. The van der Waals surface area contributed by atoms with Crippen molar-refractivity contribution in [2.75, 3.05) is 13.7 Å². The van der Waals surface area contributed by atoms with Gasteiger partial charge in [-0.3, -0.25) is 0 Å². The molecular weight excluding hydrogens is 186 g/mol. The SMILES string of the molecule is C=C(CC)CC(NCC)C1(OC)CCC1. The molecule has 0 bridgehead atoms. The van der Waals surface area contributed by atoms with Crippen molar-refractivity contribution in [2.45, 2.75) is 57.6 Å². The first-order valence-electron chi connectivity index (χ1n) is 6.13. The number of rotatable bonds is 7. The molecule has 2 nitrogen and oxygen atoms in total. The lowest BCUT2D eigenvalue weighted by Gasteiger charge is -2.47. The predicted molar refractivity (Wildman–Crippen MR) is 65.1 cm³/mol. The first kappa shape index (κ1) is 12.7.